The van der Waals surface area contributed by atoms with E-state index in [4.69, 9.17) is 18.7 Å². The Labute approximate surface area is 147 Å². The first kappa shape index (κ1) is 19.1. The summed E-state index contributed by atoms with van der Waals surface area (Å²) in [4.78, 5) is 16.6. The van der Waals surface area contributed by atoms with E-state index >= 15 is 0 Å². The molecule has 0 aromatic carbocycles. The second kappa shape index (κ2) is 8.22. The van der Waals surface area contributed by atoms with Gasteiger partial charge in [-0.05, 0) is 46.8 Å². The zero-order valence-corrected chi connectivity index (χ0v) is 15.2. The monoisotopic (exact) mass is 348 g/mol. The van der Waals surface area contributed by atoms with Crippen LogP contribution in [0.25, 0.3) is 11.3 Å². The van der Waals surface area contributed by atoms with Crippen LogP contribution >= 0.6 is 0 Å². The van der Waals surface area contributed by atoms with E-state index in [-0.39, 0.29) is 5.76 Å². The molecule has 0 amide bonds. The second-order valence-corrected chi connectivity index (χ2v) is 6.26. The fraction of sp³-hybridized carbons (Fsp3) is 0.500. The lowest BCUT2D eigenvalue weighted by Gasteiger charge is -2.20. The molecule has 0 saturated carbocycles. The largest absolute Gasteiger partial charge is 0.454 e. The summed E-state index contributed by atoms with van der Waals surface area (Å²) < 4.78 is 22.1. The van der Waals surface area contributed by atoms with Gasteiger partial charge in [0.05, 0.1) is 5.56 Å². The van der Waals surface area contributed by atoms with Gasteiger partial charge in [-0.2, -0.15) is 0 Å². The first-order chi connectivity index (χ1) is 11.9. The number of pyridine rings is 1. The highest BCUT2D eigenvalue weighted by Crippen LogP contribution is 2.34. The third-order valence-corrected chi connectivity index (χ3v) is 3.12. The molecule has 0 N–H and O–H groups in total. The quantitative estimate of drug-likeness (QED) is 0.556. The van der Waals surface area contributed by atoms with Crippen molar-refractivity contribution in [1.82, 2.24) is 10.1 Å². The van der Waals surface area contributed by atoms with Gasteiger partial charge < -0.3 is 18.7 Å². The average molecular weight is 348 g/mol. The molecule has 25 heavy (non-hydrogen) atoms. The number of carbonyl (C=O) groups excluding carboxylic acids is 1. The minimum Gasteiger partial charge on any atom is -0.454 e. The minimum atomic E-state index is -0.793. The lowest BCUT2D eigenvalue weighted by Crippen LogP contribution is -2.25. The van der Waals surface area contributed by atoms with Crippen LogP contribution in [0.4, 0.5) is 0 Å². The molecule has 0 atom stereocenters. The number of aromatic nitrogens is 2. The van der Waals surface area contributed by atoms with Crippen molar-refractivity contribution >= 4 is 5.97 Å². The van der Waals surface area contributed by atoms with E-state index in [0.29, 0.717) is 30.0 Å². The number of carbonyl (C=O) groups is 1. The summed E-state index contributed by atoms with van der Waals surface area (Å²) in [6, 6.07) is 3.60. The second-order valence-electron chi connectivity index (χ2n) is 6.26. The molecule has 2 heterocycles. The van der Waals surface area contributed by atoms with Gasteiger partial charge in [0, 0.05) is 31.2 Å². The average Bonchev–Trinajstić information content (AvgIpc) is 2.99. The molecular weight excluding hydrogens is 324 g/mol. The van der Waals surface area contributed by atoms with Crippen molar-refractivity contribution in [2.24, 2.45) is 0 Å². The van der Waals surface area contributed by atoms with Gasteiger partial charge >= 0.3 is 5.97 Å². The van der Waals surface area contributed by atoms with Gasteiger partial charge in [0.1, 0.15) is 11.3 Å². The highest BCUT2D eigenvalue weighted by molar-refractivity contribution is 5.90. The molecule has 2 aromatic heterocycles. The van der Waals surface area contributed by atoms with Crippen molar-refractivity contribution in [3.63, 3.8) is 0 Å². The Hall–Kier alpha value is -2.25. The molecule has 0 aliphatic heterocycles. The molecule has 0 aliphatic rings. The molecule has 2 rings (SSSR count). The van der Waals surface area contributed by atoms with Gasteiger partial charge in [0.25, 0.3) is 5.76 Å². The van der Waals surface area contributed by atoms with Crippen LogP contribution < -0.4 is 0 Å². The Morgan fingerprint density at radius 1 is 1.24 bits per heavy atom. The minimum absolute atomic E-state index is 0.0271. The number of ether oxygens (including phenoxy) is 3. The van der Waals surface area contributed by atoms with Gasteiger partial charge in [0.2, 0.25) is 0 Å². The van der Waals surface area contributed by atoms with E-state index in [1.807, 2.05) is 19.9 Å². The Morgan fingerprint density at radius 2 is 1.92 bits per heavy atom. The highest BCUT2D eigenvalue weighted by Gasteiger charge is 2.33. The molecule has 0 aliphatic carbocycles. The number of hydrogen-bond donors (Lipinski definition) is 0. The molecule has 0 spiro atoms. The molecular formula is C18H24N2O5. The molecule has 136 valence electrons. The molecule has 0 unspecified atom stereocenters. The predicted molar refractivity (Wildman–Crippen MR) is 90.9 cm³/mol. The highest BCUT2D eigenvalue weighted by atomic mass is 16.7. The molecule has 0 saturated heterocycles. The maximum Gasteiger partial charge on any atom is 0.378 e. The van der Waals surface area contributed by atoms with Gasteiger partial charge in [-0.25, -0.2) is 4.79 Å². The van der Waals surface area contributed by atoms with Crippen LogP contribution in [0.15, 0.2) is 29.0 Å². The van der Waals surface area contributed by atoms with Crippen LogP contribution in [-0.2, 0) is 14.2 Å². The Morgan fingerprint density at radius 3 is 2.44 bits per heavy atom. The molecule has 0 bridgehead atoms. The summed E-state index contributed by atoms with van der Waals surface area (Å²) in [6.45, 7) is 9.83. The van der Waals surface area contributed by atoms with Gasteiger partial charge in [-0.1, -0.05) is 5.16 Å². The third kappa shape index (κ3) is 4.87. The number of nitrogens with zero attached hydrogens (tertiary/aromatic N) is 2. The van der Waals surface area contributed by atoms with E-state index in [2.05, 4.69) is 10.1 Å². The lowest BCUT2D eigenvalue weighted by atomic mass is 10.1. The zero-order valence-electron chi connectivity index (χ0n) is 15.2. The number of esters is 1. The standard InChI is InChI=1S/C18H24N2O5/c1-6-22-17(23-7-2)13-14(12-9-8-10-19-11-12)20-25-15(13)16(21)24-18(3,4)5/h8-11,17H,6-7H2,1-5H3. The van der Waals surface area contributed by atoms with Crippen LogP contribution in [0.1, 0.15) is 57.0 Å². The number of hydrogen-bond acceptors (Lipinski definition) is 7. The maximum absolute atomic E-state index is 12.6. The van der Waals surface area contributed by atoms with E-state index in [1.54, 1.807) is 39.2 Å². The zero-order chi connectivity index (χ0) is 18.4. The molecule has 7 heteroatoms. The maximum atomic E-state index is 12.6. The van der Waals surface area contributed by atoms with E-state index in [1.165, 1.54) is 0 Å². The molecule has 7 nitrogen and oxygen atoms in total. The predicted octanol–water partition coefficient (Wildman–Crippen LogP) is 3.76. The fourth-order valence-corrected chi connectivity index (χ4v) is 2.22. The summed E-state index contributed by atoms with van der Waals surface area (Å²) in [5, 5.41) is 4.05. The first-order valence-electron chi connectivity index (χ1n) is 8.23. The van der Waals surface area contributed by atoms with E-state index in [9.17, 15) is 4.79 Å². The van der Waals surface area contributed by atoms with Crippen LogP contribution in [0.2, 0.25) is 0 Å². The van der Waals surface area contributed by atoms with Crippen LogP contribution in [-0.4, -0.2) is 34.9 Å². The molecule has 0 radical (unpaired) electrons. The van der Waals surface area contributed by atoms with E-state index < -0.39 is 17.9 Å². The SMILES string of the molecule is CCOC(OCC)c1c(-c2cccnc2)noc1C(=O)OC(C)(C)C. The summed E-state index contributed by atoms with van der Waals surface area (Å²) in [5.41, 5.74) is 0.884. The lowest BCUT2D eigenvalue weighted by molar-refractivity contribution is -0.140. The van der Waals surface area contributed by atoms with Crippen molar-refractivity contribution in [1.29, 1.82) is 0 Å². The van der Waals surface area contributed by atoms with E-state index in [0.717, 1.165) is 0 Å². The van der Waals surface area contributed by atoms with Crippen molar-refractivity contribution < 1.29 is 23.5 Å². The van der Waals surface area contributed by atoms with Crippen LogP contribution in [0.3, 0.4) is 0 Å². The molecule has 0 fully saturated rings. The third-order valence-electron chi connectivity index (χ3n) is 3.12. The Bertz CT molecular complexity index is 685. The van der Waals surface area contributed by atoms with Gasteiger partial charge in [-0.15, -0.1) is 0 Å². The Balaban J connectivity index is 2.52. The van der Waals surface area contributed by atoms with Crippen molar-refractivity contribution in [3.05, 3.63) is 35.9 Å². The fourth-order valence-electron chi connectivity index (χ4n) is 2.22. The first-order valence-corrected chi connectivity index (χ1v) is 8.23. The van der Waals surface area contributed by atoms with Crippen molar-refractivity contribution in [2.75, 3.05) is 13.2 Å². The summed E-state index contributed by atoms with van der Waals surface area (Å²) >= 11 is 0. The smallest absolute Gasteiger partial charge is 0.378 e. The molecule has 2 aromatic rings. The summed E-state index contributed by atoms with van der Waals surface area (Å²) in [5.74, 6) is -0.643. The topological polar surface area (TPSA) is 83.7 Å². The normalized spacial score (nSPS) is 11.8. The van der Waals surface area contributed by atoms with Gasteiger partial charge in [0.15, 0.2) is 6.29 Å². The van der Waals surface area contributed by atoms with Crippen LogP contribution in [0.5, 0.6) is 0 Å². The van der Waals surface area contributed by atoms with Crippen molar-refractivity contribution in [2.45, 2.75) is 46.5 Å². The Kier molecular flexibility index (Phi) is 6.27. The van der Waals surface area contributed by atoms with Crippen LogP contribution in [0, 0.1) is 0 Å². The number of rotatable bonds is 7. The summed E-state index contributed by atoms with van der Waals surface area (Å²) in [7, 11) is 0. The van der Waals surface area contributed by atoms with Gasteiger partial charge in [-0.3, -0.25) is 4.98 Å². The summed E-state index contributed by atoms with van der Waals surface area (Å²) in [6.07, 6.45) is 2.49. The van der Waals surface area contributed by atoms with Crippen molar-refractivity contribution in [3.8, 4) is 11.3 Å².